The van der Waals surface area contributed by atoms with Crippen LogP contribution < -0.4 is 5.32 Å². The largest absolute Gasteiger partial charge is 0.325 e. The van der Waals surface area contributed by atoms with Crippen molar-refractivity contribution in [2.24, 2.45) is 0 Å². The van der Waals surface area contributed by atoms with Gasteiger partial charge in [-0.05, 0) is 37.3 Å². The number of rotatable bonds is 5. The van der Waals surface area contributed by atoms with Gasteiger partial charge < -0.3 is 5.32 Å². The van der Waals surface area contributed by atoms with Crippen molar-refractivity contribution in [1.29, 1.82) is 0 Å². The molecule has 0 saturated heterocycles. The topological polar surface area (TPSA) is 29.1 Å². The van der Waals surface area contributed by atoms with Crippen molar-refractivity contribution >= 4 is 46.6 Å². The predicted molar refractivity (Wildman–Crippen MR) is 91.6 cm³/mol. The van der Waals surface area contributed by atoms with Gasteiger partial charge in [-0.1, -0.05) is 40.9 Å². The van der Waals surface area contributed by atoms with Gasteiger partial charge in [0.15, 0.2) is 0 Å². The molecular weight excluding hydrogens is 325 g/mol. The molecule has 0 heterocycles. The second-order valence-electron chi connectivity index (χ2n) is 4.58. The van der Waals surface area contributed by atoms with Gasteiger partial charge >= 0.3 is 0 Å². The third-order valence-corrected chi connectivity index (χ3v) is 4.40. The van der Waals surface area contributed by atoms with Crippen LogP contribution in [-0.2, 0) is 4.79 Å². The van der Waals surface area contributed by atoms with Gasteiger partial charge in [-0.15, -0.1) is 11.8 Å². The van der Waals surface area contributed by atoms with Crippen LogP contribution in [0, 0.1) is 6.92 Å². The zero-order chi connectivity index (χ0) is 15.2. The van der Waals surface area contributed by atoms with Crippen LogP contribution in [0.15, 0.2) is 47.4 Å². The van der Waals surface area contributed by atoms with Crippen molar-refractivity contribution in [2.45, 2.75) is 18.2 Å². The number of anilines is 1. The van der Waals surface area contributed by atoms with Crippen LogP contribution >= 0.6 is 35.0 Å². The highest BCUT2D eigenvalue weighted by Crippen LogP contribution is 2.26. The lowest BCUT2D eigenvalue weighted by Gasteiger charge is -2.07. The number of carbonyl (C=O) groups excluding carboxylic acids is 1. The maximum atomic E-state index is 11.9. The Kier molecular flexibility index (Phi) is 5.97. The Bertz CT molecular complexity index is 629. The van der Waals surface area contributed by atoms with E-state index >= 15 is 0 Å². The monoisotopic (exact) mass is 339 g/mol. The number of halogens is 2. The molecule has 0 bridgehead atoms. The zero-order valence-corrected chi connectivity index (χ0v) is 13.9. The maximum absolute atomic E-state index is 11.9. The predicted octanol–water partition coefficient (Wildman–Crippen LogP) is 5.42. The summed E-state index contributed by atoms with van der Waals surface area (Å²) in [4.78, 5) is 13.1. The molecule has 0 radical (unpaired) electrons. The molecule has 5 heteroatoms. The van der Waals surface area contributed by atoms with Crippen molar-refractivity contribution in [2.75, 3.05) is 11.1 Å². The lowest BCUT2D eigenvalue weighted by atomic mass is 10.2. The molecule has 2 rings (SSSR count). The van der Waals surface area contributed by atoms with E-state index < -0.39 is 0 Å². The molecule has 0 aliphatic heterocycles. The van der Waals surface area contributed by atoms with Gasteiger partial charge in [0.2, 0.25) is 5.91 Å². The number of nitrogens with one attached hydrogen (secondary N) is 1. The molecule has 0 saturated carbocycles. The number of hydrogen-bond donors (Lipinski definition) is 1. The van der Waals surface area contributed by atoms with Crippen LogP contribution in [0.3, 0.4) is 0 Å². The maximum Gasteiger partial charge on any atom is 0.225 e. The molecule has 110 valence electrons. The first kappa shape index (κ1) is 16.2. The van der Waals surface area contributed by atoms with Gasteiger partial charge in [0.1, 0.15) is 0 Å². The normalized spacial score (nSPS) is 10.4. The van der Waals surface area contributed by atoms with Gasteiger partial charge in [-0.3, -0.25) is 4.79 Å². The fourth-order valence-corrected chi connectivity index (χ4v) is 2.89. The molecule has 0 fully saturated rings. The summed E-state index contributed by atoms with van der Waals surface area (Å²) >= 11 is 13.5. The number of aryl methyl sites for hydroxylation is 1. The third-order valence-electron chi connectivity index (χ3n) is 2.82. The Labute approximate surface area is 138 Å². The standard InChI is InChI=1S/C16H15Cl2NOS/c1-11-2-5-13(6-3-11)21-9-8-16(20)19-15-10-12(17)4-7-14(15)18/h2-7,10H,8-9H2,1H3,(H,19,20). The van der Waals surface area contributed by atoms with E-state index in [2.05, 4.69) is 36.5 Å². The molecule has 0 atom stereocenters. The molecule has 2 aromatic carbocycles. The Morgan fingerprint density at radius 1 is 1.14 bits per heavy atom. The average molecular weight is 340 g/mol. The first-order chi connectivity index (χ1) is 10.0. The van der Waals surface area contributed by atoms with Crippen LogP contribution in [0.4, 0.5) is 5.69 Å². The van der Waals surface area contributed by atoms with Gasteiger partial charge in [-0.2, -0.15) is 0 Å². The van der Waals surface area contributed by atoms with Crippen LogP contribution in [-0.4, -0.2) is 11.7 Å². The van der Waals surface area contributed by atoms with Gasteiger partial charge in [-0.25, -0.2) is 0 Å². The van der Waals surface area contributed by atoms with Crippen molar-refractivity contribution in [3.05, 3.63) is 58.1 Å². The zero-order valence-electron chi connectivity index (χ0n) is 11.5. The molecule has 0 aliphatic carbocycles. The average Bonchev–Trinajstić information content (AvgIpc) is 2.45. The number of carbonyl (C=O) groups is 1. The Balaban J connectivity index is 1.82. The SMILES string of the molecule is Cc1ccc(SCCC(=O)Nc2cc(Cl)ccc2Cl)cc1. The van der Waals surface area contributed by atoms with Gasteiger partial charge in [0.25, 0.3) is 0 Å². The Hall–Kier alpha value is -1.16. The molecule has 1 amide bonds. The van der Waals surface area contributed by atoms with E-state index in [1.807, 2.05) is 0 Å². The lowest BCUT2D eigenvalue weighted by Crippen LogP contribution is -2.12. The third kappa shape index (κ3) is 5.27. The van der Waals surface area contributed by atoms with E-state index in [1.54, 1.807) is 30.0 Å². The van der Waals surface area contributed by atoms with Crippen molar-refractivity contribution in [3.63, 3.8) is 0 Å². The van der Waals surface area contributed by atoms with Crippen molar-refractivity contribution < 1.29 is 4.79 Å². The fraction of sp³-hybridized carbons (Fsp3) is 0.188. The van der Waals surface area contributed by atoms with E-state index in [1.165, 1.54) is 5.56 Å². The molecule has 1 N–H and O–H groups in total. The molecule has 2 nitrogen and oxygen atoms in total. The van der Waals surface area contributed by atoms with E-state index in [0.29, 0.717) is 27.9 Å². The minimum atomic E-state index is -0.0706. The van der Waals surface area contributed by atoms with Crippen LogP contribution in [0.25, 0.3) is 0 Å². The highest BCUT2D eigenvalue weighted by Gasteiger charge is 2.07. The van der Waals surface area contributed by atoms with E-state index in [-0.39, 0.29) is 5.91 Å². The quantitative estimate of drug-likeness (QED) is 0.736. The Morgan fingerprint density at radius 3 is 2.57 bits per heavy atom. The molecule has 0 aliphatic rings. The van der Waals surface area contributed by atoms with Crippen molar-refractivity contribution in [3.8, 4) is 0 Å². The summed E-state index contributed by atoms with van der Waals surface area (Å²) in [7, 11) is 0. The van der Waals surface area contributed by atoms with Crippen molar-refractivity contribution in [1.82, 2.24) is 0 Å². The second kappa shape index (κ2) is 7.74. The molecule has 0 aromatic heterocycles. The van der Waals surface area contributed by atoms with Crippen LogP contribution in [0.5, 0.6) is 0 Å². The van der Waals surface area contributed by atoms with Crippen LogP contribution in [0.2, 0.25) is 10.0 Å². The smallest absolute Gasteiger partial charge is 0.225 e. The van der Waals surface area contributed by atoms with E-state index in [9.17, 15) is 4.79 Å². The molecule has 21 heavy (non-hydrogen) atoms. The van der Waals surface area contributed by atoms with Gasteiger partial charge in [0, 0.05) is 22.1 Å². The summed E-state index contributed by atoms with van der Waals surface area (Å²) in [6.07, 6.45) is 0.418. The first-order valence-corrected chi connectivity index (χ1v) is 8.23. The summed E-state index contributed by atoms with van der Waals surface area (Å²) in [6.45, 7) is 2.05. The van der Waals surface area contributed by atoms with E-state index in [4.69, 9.17) is 23.2 Å². The minimum Gasteiger partial charge on any atom is -0.325 e. The minimum absolute atomic E-state index is 0.0706. The molecule has 0 unspecified atom stereocenters. The summed E-state index contributed by atoms with van der Waals surface area (Å²) in [5, 5.41) is 3.81. The first-order valence-electron chi connectivity index (χ1n) is 6.49. The molecule has 0 spiro atoms. The summed E-state index contributed by atoms with van der Waals surface area (Å²) in [6, 6.07) is 13.3. The van der Waals surface area contributed by atoms with Crippen LogP contribution in [0.1, 0.15) is 12.0 Å². The number of benzene rings is 2. The second-order valence-corrected chi connectivity index (χ2v) is 6.60. The summed E-state index contributed by atoms with van der Waals surface area (Å²) in [5.41, 5.74) is 1.78. The van der Waals surface area contributed by atoms with Gasteiger partial charge in [0.05, 0.1) is 10.7 Å². The lowest BCUT2D eigenvalue weighted by molar-refractivity contribution is -0.115. The Morgan fingerprint density at radius 2 is 1.86 bits per heavy atom. The fourth-order valence-electron chi connectivity index (χ4n) is 1.70. The summed E-state index contributed by atoms with van der Waals surface area (Å²) in [5.74, 6) is 0.645. The molecular formula is C16H15Cl2NOS. The summed E-state index contributed by atoms with van der Waals surface area (Å²) < 4.78 is 0. The number of hydrogen-bond acceptors (Lipinski definition) is 2. The van der Waals surface area contributed by atoms with E-state index in [0.717, 1.165) is 4.90 Å². The highest BCUT2D eigenvalue weighted by atomic mass is 35.5. The molecule has 2 aromatic rings. The highest BCUT2D eigenvalue weighted by molar-refractivity contribution is 7.99. The number of amides is 1. The number of thioether (sulfide) groups is 1.